The molecule has 2 nitrogen and oxygen atoms in total. The summed E-state index contributed by atoms with van der Waals surface area (Å²) in [6, 6.07) is 2.37. The highest BCUT2D eigenvalue weighted by Crippen LogP contribution is 2.32. The van der Waals surface area contributed by atoms with Crippen LogP contribution in [-0.2, 0) is 6.18 Å². The Morgan fingerprint density at radius 1 is 1.23 bits per heavy atom. The molecule has 0 unspecified atom stereocenters. The van der Waals surface area contributed by atoms with Crippen molar-refractivity contribution in [3.8, 4) is 5.75 Å². The minimum atomic E-state index is -4.41. The molecule has 0 spiro atoms. The lowest BCUT2D eigenvalue weighted by atomic mass is 10.2. The van der Waals surface area contributed by atoms with E-state index in [2.05, 4.69) is 0 Å². The molecule has 0 fully saturated rings. The molecule has 0 saturated carbocycles. The Labute approximate surface area is 78.6 Å². The van der Waals surface area contributed by atoms with Crippen molar-refractivity contribution >= 4 is 18.1 Å². The minimum absolute atomic E-state index is 0. The van der Waals surface area contributed by atoms with Gasteiger partial charge < -0.3 is 10.8 Å². The number of hydrogen-bond donors (Lipinski definition) is 2. The van der Waals surface area contributed by atoms with E-state index >= 15 is 0 Å². The van der Waals surface area contributed by atoms with Gasteiger partial charge in [0, 0.05) is 0 Å². The van der Waals surface area contributed by atoms with Gasteiger partial charge in [0.25, 0.3) is 0 Å². The molecule has 1 aromatic carbocycles. The zero-order valence-corrected chi connectivity index (χ0v) is 7.12. The lowest BCUT2D eigenvalue weighted by molar-refractivity contribution is -0.137. The second-order valence-electron chi connectivity index (χ2n) is 2.27. The average Bonchev–Trinajstić information content (AvgIpc) is 1.92. The van der Waals surface area contributed by atoms with Gasteiger partial charge in [-0.15, -0.1) is 12.4 Å². The van der Waals surface area contributed by atoms with Crippen molar-refractivity contribution in [2.45, 2.75) is 6.18 Å². The Bertz CT molecular complexity index is 300. The average molecular weight is 214 g/mol. The largest absolute Gasteiger partial charge is 0.506 e. The summed E-state index contributed by atoms with van der Waals surface area (Å²) in [5, 5.41) is 8.82. The highest BCUT2D eigenvalue weighted by atomic mass is 35.5. The first-order valence-corrected chi connectivity index (χ1v) is 3.07. The number of aromatic hydroxyl groups is 1. The SMILES string of the molecule is Cl.Nc1cc(C(F)(F)F)ccc1O. The molecule has 0 atom stereocenters. The van der Waals surface area contributed by atoms with Gasteiger partial charge in [0.05, 0.1) is 11.3 Å². The summed E-state index contributed by atoms with van der Waals surface area (Å²) in [7, 11) is 0. The maximum atomic E-state index is 12.0. The minimum Gasteiger partial charge on any atom is -0.506 e. The van der Waals surface area contributed by atoms with Crippen molar-refractivity contribution in [2.24, 2.45) is 0 Å². The summed E-state index contributed by atoms with van der Waals surface area (Å²) in [6.45, 7) is 0. The van der Waals surface area contributed by atoms with Crippen LogP contribution < -0.4 is 5.73 Å². The lowest BCUT2D eigenvalue weighted by Crippen LogP contribution is -2.05. The summed E-state index contributed by atoms with van der Waals surface area (Å²) < 4.78 is 35.9. The predicted octanol–water partition coefficient (Wildman–Crippen LogP) is 2.42. The number of rotatable bonds is 0. The number of halogens is 4. The molecule has 0 amide bonds. The quantitative estimate of drug-likeness (QED) is 0.514. The molecule has 0 saturated heterocycles. The van der Waals surface area contributed by atoms with Crippen molar-refractivity contribution in [2.75, 3.05) is 5.73 Å². The summed E-state index contributed by atoms with van der Waals surface area (Å²) >= 11 is 0. The van der Waals surface area contributed by atoms with Crippen LogP contribution in [0, 0.1) is 0 Å². The molecule has 74 valence electrons. The predicted molar refractivity (Wildman–Crippen MR) is 44.8 cm³/mol. The van der Waals surface area contributed by atoms with E-state index in [1.165, 1.54) is 0 Å². The van der Waals surface area contributed by atoms with Crippen LogP contribution in [0.5, 0.6) is 5.75 Å². The van der Waals surface area contributed by atoms with E-state index in [1.54, 1.807) is 0 Å². The maximum Gasteiger partial charge on any atom is 0.416 e. The number of hydrogen-bond acceptors (Lipinski definition) is 2. The Kier molecular flexibility index (Phi) is 3.42. The van der Waals surface area contributed by atoms with E-state index in [4.69, 9.17) is 10.8 Å². The van der Waals surface area contributed by atoms with Crippen LogP contribution in [0.1, 0.15) is 5.56 Å². The first-order valence-electron chi connectivity index (χ1n) is 3.07. The summed E-state index contributed by atoms with van der Waals surface area (Å²) in [5.41, 5.74) is 3.93. The van der Waals surface area contributed by atoms with E-state index in [-0.39, 0.29) is 23.8 Å². The fraction of sp³-hybridized carbons (Fsp3) is 0.143. The Balaban J connectivity index is 0.00000144. The molecule has 0 bridgehead atoms. The highest BCUT2D eigenvalue weighted by molar-refractivity contribution is 5.85. The molecule has 3 N–H and O–H groups in total. The molecule has 0 aliphatic carbocycles. The fourth-order valence-electron chi connectivity index (χ4n) is 0.731. The Morgan fingerprint density at radius 3 is 2.15 bits per heavy atom. The number of nitrogens with two attached hydrogens (primary N) is 1. The number of phenolic OH excluding ortho intramolecular Hbond substituents is 1. The maximum absolute atomic E-state index is 12.0. The second-order valence-corrected chi connectivity index (χ2v) is 2.27. The van der Waals surface area contributed by atoms with Gasteiger partial charge in [0.15, 0.2) is 0 Å². The molecule has 0 aromatic heterocycles. The highest BCUT2D eigenvalue weighted by Gasteiger charge is 2.30. The number of nitrogen functional groups attached to an aromatic ring is 1. The molecule has 1 rings (SSSR count). The lowest BCUT2D eigenvalue weighted by Gasteiger charge is -2.07. The second kappa shape index (κ2) is 3.74. The first-order chi connectivity index (χ1) is 5.41. The molecule has 0 heterocycles. The van der Waals surface area contributed by atoms with Crippen molar-refractivity contribution in [1.82, 2.24) is 0 Å². The Morgan fingerprint density at radius 2 is 1.77 bits per heavy atom. The van der Waals surface area contributed by atoms with Crippen LogP contribution in [0.15, 0.2) is 18.2 Å². The van der Waals surface area contributed by atoms with Gasteiger partial charge in [-0.1, -0.05) is 0 Å². The van der Waals surface area contributed by atoms with Gasteiger partial charge in [-0.2, -0.15) is 13.2 Å². The summed E-state index contributed by atoms with van der Waals surface area (Å²) in [6.07, 6.45) is -4.41. The molecule has 6 heteroatoms. The van der Waals surface area contributed by atoms with Crippen molar-refractivity contribution < 1.29 is 18.3 Å². The normalized spacial score (nSPS) is 10.7. The van der Waals surface area contributed by atoms with E-state index < -0.39 is 11.7 Å². The van der Waals surface area contributed by atoms with E-state index in [0.29, 0.717) is 6.07 Å². The molecule has 0 aliphatic heterocycles. The van der Waals surface area contributed by atoms with Crippen LogP contribution in [0.3, 0.4) is 0 Å². The Hall–Kier alpha value is -1.10. The van der Waals surface area contributed by atoms with Crippen molar-refractivity contribution in [3.63, 3.8) is 0 Å². The molecular formula is C7H7ClF3NO. The summed E-state index contributed by atoms with van der Waals surface area (Å²) in [4.78, 5) is 0. The molecule has 0 aliphatic rings. The van der Waals surface area contributed by atoms with E-state index in [0.717, 1.165) is 12.1 Å². The van der Waals surface area contributed by atoms with Crippen molar-refractivity contribution in [1.29, 1.82) is 0 Å². The van der Waals surface area contributed by atoms with Gasteiger partial charge in [-0.05, 0) is 18.2 Å². The summed E-state index contributed by atoms with van der Waals surface area (Å²) in [5.74, 6) is -0.344. The van der Waals surface area contributed by atoms with E-state index in [9.17, 15) is 13.2 Å². The van der Waals surface area contributed by atoms with Gasteiger partial charge in [0.2, 0.25) is 0 Å². The molecular weight excluding hydrogens is 207 g/mol. The van der Waals surface area contributed by atoms with Gasteiger partial charge in [-0.25, -0.2) is 0 Å². The van der Waals surface area contributed by atoms with Crippen LogP contribution in [0.4, 0.5) is 18.9 Å². The fourth-order valence-corrected chi connectivity index (χ4v) is 0.731. The van der Waals surface area contributed by atoms with Crippen molar-refractivity contribution in [3.05, 3.63) is 23.8 Å². The molecule has 0 radical (unpaired) electrons. The smallest absolute Gasteiger partial charge is 0.416 e. The third-order valence-electron chi connectivity index (χ3n) is 1.35. The number of alkyl halides is 3. The number of benzene rings is 1. The molecule has 13 heavy (non-hydrogen) atoms. The monoisotopic (exact) mass is 213 g/mol. The van der Waals surface area contributed by atoms with Gasteiger partial charge in [0.1, 0.15) is 5.75 Å². The molecule has 1 aromatic rings. The standard InChI is InChI=1S/C7H6F3NO.ClH/c8-7(9,10)4-1-2-6(12)5(11)3-4;/h1-3,12H,11H2;1H. The third-order valence-corrected chi connectivity index (χ3v) is 1.35. The van der Waals surface area contributed by atoms with E-state index in [1.807, 2.05) is 0 Å². The first kappa shape index (κ1) is 11.9. The van der Waals surface area contributed by atoms with Gasteiger partial charge in [-0.3, -0.25) is 0 Å². The van der Waals surface area contributed by atoms with Crippen LogP contribution >= 0.6 is 12.4 Å². The van der Waals surface area contributed by atoms with Crippen LogP contribution in [0.25, 0.3) is 0 Å². The third kappa shape index (κ3) is 2.69. The zero-order chi connectivity index (χ0) is 9.35. The van der Waals surface area contributed by atoms with Crippen LogP contribution in [-0.4, -0.2) is 5.11 Å². The number of anilines is 1. The van der Waals surface area contributed by atoms with Crippen LogP contribution in [0.2, 0.25) is 0 Å². The zero-order valence-electron chi connectivity index (χ0n) is 6.30. The number of phenols is 1. The topological polar surface area (TPSA) is 46.2 Å². The van der Waals surface area contributed by atoms with Gasteiger partial charge >= 0.3 is 6.18 Å².